The Labute approximate surface area is 127 Å². The quantitative estimate of drug-likeness (QED) is 0.486. The van der Waals surface area contributed by atoms with E-state index in [1.165, 1.54) is 19.3 Å². The van der Waals surface area contributed by atoms with E-state index in [0.717, 1.165) is 18.4 Å². The highest BCUT2D eigenvalue weighted by molar-refractivity contribution is 5.77. The molecule has 1 amide bonds. The molecule has 1 aromatic rings. The van der Waals surface area contributed by atoms with Gasteiger partial charge in [-0.3, -0.25) is 4.79 Å². The van der Waals surface area contributed by atoms with Crippen LogP contribution in [0, 0.1) is 5.92 Å². The molecule has 0 radical (unpaired) electrons. The number of hydrogen-bond donors (Lipinski definition) is 2. The second-order valence-electron chi connectivity index (χ2n) is 5.34. The Morgan fingerprint density at radius 3 is 2.43 bits per heavy atom. The third-order valence-corrected chi connectivity index (χ3v) is 3.73. The first-order valence-electron chi connectivity index (χ1n) is 7.77. The third-order valence-electron chi connectivity index (χ3n) is 3.73. The van der Waals surface area contributed by atoms with E-state index in [-0.39, 0.29) is 5.91 Å². The van der Waals surface area contributed by atoms with Gasteiger partial charge in [0.15, 0.2) is 0 Å². The normalized spacial score (nSPS) is 13.8. The topological polar surface area (TPSA) is 72.6 Å². The van der Waals surface area contributed by atoms with E-state index >= 15 is 0 Å². The minimum atomic E-state index is -0.472. The summed E-state index contributed by atoms with van der Waals surface area (Å²) in [4.78, 5) is 11.8. The Morgan fingerprint density at radius 1 is 1.19 bits per heavy atom. The largest absolute Gasteiger partial charge is 0.371 e. The highest BCUT2D eigenvalue weighted by Crippen LogP contribution is 2.30. The molecule has 0 aromatic heterocycles. The molecule has 2 atom stereocenters. The van der Waals surface area contributed by atoms with Gasteiger partial charge in [-0.1, -0.05) is 69.4 Å². The summed E-state index contributed by atoms with van der Waals surface area (Å²) in [6, 6.07) is 9.48. The number of carbonyl (C=O) groups excluding carboxylic acids is 1. The highest BCUT2D eigenvalue weighted by atomic mass is 16.6. The molecule has 4 nitrogen and oxygen atoms in total. The summed E-state index contributed by atoms with van der Waals surface area (Å²) in [5, 5.41) is 9.10. The zero-order valence-corrected chi connectivity index (χ0v) is 12.8. The highest BCUT2D eigenvalue weighted by Gasteiger charge is 2.28. The number of aliphatic hydroxyl groups is 1. The first-order chi connectivity index (χ1) is 10.2. The average Bonchev–Trinajstić information content (AvgIpc) is 2.50. The van der Waals surface area contributed by atoms with Crippen LogP contribution in [0.1, 0.15) is 57.1 Å². The predicted molar refractivity (Wildman–Crippen MR) is 83.4 cm³/mol. The van der Waals surface area contributed by atoms with Crippen molar-refractivity contribution < 1.29 is 14.6 Å². The lowest BCUT2D eigenvalue weighted by molar-refractivity contribution is -0.133. The van der Waals surface area contributed by atoms with E-state index in [4.69, 9.17) is 15.6 Å². The van der Waals surface area contributed by atoms with Gasteiger partial charge in [0.1, 0.15) is 6.79 Å². The van der Waals surface area contributed by atoms with Crippen molar-refractivity contribution in [3.63, 3.8) is 0 Å². The zero-order valence-electron chi connectivity index (χ0n) is 12.8. The molecule has 0 aliphatic rings. The Bertz CT molecular complexity index is 394. The minimum Gasteiger partial charge on any atom is -0.371 e. The third kappa shape index (κ3) is 6.27. The summed E-state index contributed by atoms with van der Waals surface area (Å²) in [7, 11) is 0. The maximum absolute atomic E-state index is 11.8. The molecule has 21 heavy (non-hydrogen) atoms. The fourth-order valence-electron chi connectivity index (χ4n) is 2.58. The van der Waals surface area contributed by atoms with Gasteiger partial charge in [-0.05, 0) is 12.0 Å². The molecule has 0 spiro atoms. The summed E-state index contributed by atoms with van der Waals surface area (Å²) in [5.41, 5.74) is 6.42. The Balaban J connectivity index is 2.67. The molecule has 0 saturated carbocycles. The number of ether oxygens (including phenoxy) is 1. The molecule has 0 aliphatic carbocycles. The lowest BCUT2D eigenvalue weighted by atomic mass is 9.90. The van der Waals surface area contributed by atoms with Gasteiger partial charge in [-0.15, -0.1) is 0 Å². The van der Waals surface area contributed by atoms with Gasteiger partial charge in [0.05, 0.1) is 12.0 Å². The molecule has 4 heteroatoms. The summed E-state index contributed by atoms with van der Waals surface area (Å²) in [6.07, 6.45) is 5.86. The number of benzene rings is 1. The van der Waals surface area contributed by atoms with Crippen LogP contribution >= 0.6 is 0 Å². The van der Waals surface area contributed by atoms with Crippen molar-refractivity contribution >= 4 is 5.91 Å². The van der Waals surface area contributed by atoms with E-state index in [1.54, 1.807) is 0 Å². The van der Waals surface area contributed by atoms with Crippen LogP contribution in [0.4, 0.5) is 0 Å². The van der Waals surface area contributed by atoms with Crippen LogP contribution in [0.3, 0.4) is 0 Å². The number of rotatable bonds is 11. The maximum atomic E-state index is 11.8. The van der Waals surface area contributed by atoms with Gasteiger partial charge in [-0.2, -0.15) is 0 Å². The van der Waals surface area contributed by atoms with Gasteiger partial charge in [0.25, 0.3) is 0 Å². The average molecular weight is 293 g/mol. The second kappa shape index (κ2) is 10.4. The van der Waals surface area contributed by atoms with Crippen LogP contribution in [0.5, 0.6) is 0 Å². The standard InChI is InChI=1S/C17H27NO3/c1-2-3-4-5-9-12-15(17(18)20)16(21-13-19)14-10-7-6-8-11-14/h6-8,10-11,15-16,19H,2-5,9,12-13H2,1H3,(H2,18,20). The molecular formula is C17H27NO3. The van der Waals surface area contributed by atoms with E-state index in [2.05, 4.69) is 6.92 Å². The van der Waals surface area contributed by atoms with Crippen LogP contribution in [0.25, 0.3) is 0 Å². The molecule has 0 bridgehead atoms. The number of unbranched alkanes of at least 4 members (excludes halogenated alkanes) is 4. The van der Waals surface area contributed by atoms with Gasteiger partial charge in [0.2, 0.25) is 5.91 Å². The van der Waals surface area contributed by atoms with Crippen LogP contribution in [0.15, 0.2) is 30.3 Å². The molecule has 0 aliphatic heterocycles. The number of amides is 1. The van der Waals surface area contributed by atoms with Crippen molar-refractivity contribution in [2.45, 2.75) is 51.6 Å². The molecule has 0 fully saturated rings. The lowest BCUT2D eigenvalue weighted by Gasteiger charge is -2.24. The number of carbonyl (C=O) groups is 1. The van der Waals surface area contributed by atoms with Crippen LogP contribution in [0.2, 0.25) is 0 Å². The maximum Gasteiger partial charge on any atom is 0.223 e. The Hall–Kier alpha value is -1.39. The Morgan fingerprint density at radius 2 is 1.86 bits per heavy atom. The van der Waals surface area contributed by atoms with Crippen LogP contribution in [-0.2, 0) is 9.53 Å². The number of primary amides is 1. The van der Waals surface area contributed by atoms with Crippen molar-refractivity contribution in [3.05, 3.63) is 35.9 Å². The van der Waals surface area contributed by atoms with E-state index in [9.17, 15) is 4.79 Å². The molecule has 118 valence electrons. The van der Waals surface area contributed by atoms with Crippen LogP contribution in [-0.4, -0.2) is 17.8 Å². The van der Waals surface area contributed by atoms with E-state index in [1.807, 2.05) is 30.3 Å². The van der Waals surface area contributed by atoms with Crippen molar-refractivity contribution in [1.82, 2.24) is 0 Å². The first kappa shape index (κ1) is 17.7. The number of aliphatic hydroxyl groups excluding tert-OH is 1. The molecular weight excluding hydrogens is 266 g/mol. The first-order valence-corrected chi connectivity index (χ1v) is 7.77. The minimum absolute atomic E-state index is 0.368. The SMILES string of the molecule is CCCCCCCC(C(N)=O)C(OCO)c1ccccc1. The summed E-state index contributed by atoms with van der Waals surface area (Å²) < 4.78 is 5.38. The number of hydrogen-bond acceptors (Lipinski definition) is 3. The van der Waals surface area contributed by atoms with Crippen LogP contribution < -0.4 is 5.73 Å². The molecule has 1 aromatic carbocycles. The van der Waals surface area contributed by atoms with Gasteiger partial charge in [-0.25, -0.2) is 0 Å². The summed E-state index contributed by atoms with van der Waals surface area (Å²) in [6.45, 7) is 1.76. The smallest absolute Gasteiger partial charge is 0.223 e. The molecule has 3 N–H and O–H groups in total. The second-order valence-corrected chi connectivity index (χ2v) is 5.34. The Kier molecular flexibility index (Phi) is 8.71. The summed E-state index contributed by atoms with van der Waals surface area (Å²) in [5.74, 6) is -0.769. The van der Waals surface area contributed by atoms with Crippen molar-refractivity contribution in [2.24, 2.45) is 11.7 Å². The monoisotopic (exact) mass is 293 g/mol. The van der Waals surface area contributed by atoms with Crippen molar-refractivity contribution in [1.29, 1.82) is 0 Å². The lowest BCUT2D eigenvalue weighted by Crippen LogP contribution is -2.30. The predicted octanol–water partition coefficient (Wildman–Crippen LogP) is 3.16. The molecule has 2 unspecified atom stereocenters. The van der Waals surface area contributed by atoms with Gasteiger partial charge < -0.3 is 15.6 Å². The fraction of sp³-hybridized carbons (Fsp3) is 0.588. The van der Waals surface area contributed by atoms with E-state index in [0.29, 0.717) is 6.42 Å². The molecule has 0 heterocycles. The van der Waals surface area contributed by atoms with Gasteiger partial charge >= 0.3 is 0 Å². The number of nitrogens with two attached hydrogens (primary N) is 1. The van der Waals surface area contributed by atoms with E-state index < -0.39 is 18.8 Å². The van der Waals surface area contributed by atoms with Crippen molar-refractivity contribution in [2.75, 3.05) is 6.79 Å². The van der Waals surface area contributed by atoms with Gasteiger partial charge in [0, 0.05) is 0 Å². The fourth-order valence-corrected chi connectivity index (χ4v) is 2.58. The van der Waals surface area contributed by atoms with Crippen molar-refractivity contribution in [3.8, 4) is 0 Å². The molecule has 1 rings (SSSR count). The summed E-state index contributed by atoms with van der Waals surface area (Å²) >= 11 is 0. The zero-order chi connectivity index (χ0) is 15.5. The molecule has 0 saturated heterocycles.